The standard InChI is InChI=1S/C12H19ClN2O/c1-15(9-12(7-14)16-2)8-10-4-3-5-11(13)6-10/h3-6,12H,7-9,14H2,1-2H3. The third-order valence-corrected chi connectivity index (χ3v) is 2.69. The number of hydrogen-bond acceptors (Lipinski definition) is 3. The third kappa shape index (κ3) is 4.49. The molecule has 0 saturated carbocycles. The molecule has 4 heteroatoms. The number of benzene rings is 1. The zero-order valence-corrected chi connectivity index (χ0v) is 10.6. The topological polar surface area (TPSA) is 38.5 Å². The summed E-state index contributed by atoms with van der Waals surface area (Å²) in [6.45, 7) is 2.20. The minimum Gasteiger partial charge on any atom is -0.379 e. The van der Waals surface area contributed by atoms with Crippen LogP contribution in [0.2, 0.25) is 5.02 Å². The molecule has 0 radical (unpaired) electrons. The average molecular weight is 243 g/mol. The Labute approximate surface area is 102 Å². The first-order chi connectivity index (χ1) is 7.65. The summed E-state index contributed by atoms with van der Waals surface area (Å²) in [5.41, 5.74) is 6.77. The molecule has 1 aromatic rings. The maximum Gasteiger partial charge on any atom is 0.0820 e. The number of halogens is 1. The second-order valence-corrected chi connectivity index (χ2v) is 4.36. The van der Waals surface area contributed by atoms with Gasteiger partial charge in [-0.25, -0.2) is 0 Å². The zero-order valence-electron chi connectivity index (χ0n) is 9.82. The van der Waals surface area contributed by atoms with E-state index in [1.165, 1.54) is 5.56 Å². The summed E-state index contributed by atoms with van der Waals surface area (Å²) < 4.78 is 5.24. The summed E-state index contributed by atoms with van der Waals surface area (Å²) in [6.07, 6.45) is 0.0872. The van der Waals surface area contributed by atoms with Gasteiger partial charge < -0.3 is 10.5 Å². The molecule has 0 fully saturated rings. The SMILES string of the molecule is COC(CN)CN(C)Cc1cccc(Cl)c1. The Kier molecular flexibility index (Phi) is 5.77. The fourth-order valence-electron chi connectivity index (χ4n) is 1.60. The Bertz CT molecular complexity index is 316. The minimum absolute atomic E-state index is 0.0872. The predicted molar refractivity (Wildman–Crippen MR) is 67.6 cm³/mol. The number of likely N-dealkylation sites (N-methyl/N-ethyl adjacent to an activating group) is 1. The molecule has 0 aliphatic heterocycles. The highest BCUT2D eigenvalue weighted by Gasteiger charge is 2.08. The maximum absolute atomic E-state index is 5.93. The van der Waals surface area contributed by atoms with E-state index in [2.05, 4.69) is 11.0 Å². The maximum atomic E-state index is 5.93. The molecule has 0 spiro atoms. The normalized spacial score (nSPS) is 13.1. The van der Waals surface area contributed by atoms with Gasteiger partial charge in [0.05, 0.1) is 6.10 Å². The van der Waals surface area contributed by atoms with Crippen LogP contribution >= 0.6 is 11.6 Å². The van der Waals surface area contributed by atoms with Crippen molar-refractivity contribution in [2.24, 2.45) is 5.73 Å². The van der Waals surface area contributed by atoms with Crippen LogP contribution in [-0.2, 0) is 11.3 Å². The van der Waals surface area contributed by atoms with Gasteiger partial charge >= 0.3 is 0 Å². The molecule has 0 amide bonds. The molecule has 1 unspecified atom stereocenters. The molecule has 1 atom stereocenters. The van der Waals surface area contributed by atoms with E-state index in [4.69, 9.17) is 22.1 Å². The van der Waals surface area contributed by atoms with Gasteiger partial charge in [-0.05, 0) is 24.7 Å². The Hall–Kier alpha value is -0.610. The largest absolute Gasteiger partial charge is 0.379 e. The fourth-order valence-corrected chi connectivity index (χ4v) is 1.82. The van der Waals surface area contributed by atoms with Crippen molar-refractivity contribution in [3.63, 3.8) is 0 Å². The van der Waals surface area contributed by atoms with Gasteiger partial charge in [-0.15, -0.1) is 0 Å². The van der Waals surface area contributed by atoms with Crippen LogP contribution in [0.1, 0.15) is 5.56 Å². The van der Waals surface area contributed by atoms with Gasteiger partial charge in [0, 0.05) is 31.8 Å². The van der Waals surface area contributed by atoms with Crippen LogP contribution in [0.3, 0.4) is 0 Å². The molecule has 1 rings (SSSR count). The monoisotopic (exact) mass is 242 g/mol. The Morgan fingerprint density at radius 1 is 1.50 bits per heavy atom. The summed E-state index contributed by atoms with van der Waals surface area (Å²) in [5.74, 6) is 0. The van der Waals surface area contributed by atoms with Crippen molar-refractivity contribution in [3.05, 3.63) is 34.9 Å². The number of nitrogens with two attached hydrogens (primary N) is 1. The summed E-state index contributed by atoms with van der Waals surface area (Å²) in [6, 6.07) is 7.88. The van der Waals surface area contributed by atoms with E-state index in [0.717, 1.165) is 18.1 Å². The smallest absolute Gasteiger partial charge is 0.0820 e. The highest BCUT2D eigenvalue weighted by atomic mass is 35.5. The van der Waals surface area contributed by atoms with E-state index in [1.54, 1.807) is 7.11 Å². The summed E-state index contributed by atoms with van der Waals surface area (Å²) in [5, 5.41) is 0.771. The fraction of sp³-hybridized carbons (Fsp3) is 0.500. The zero-order chi connectivity index (χ0) is 12.0. The Morgan fingerprint density at radius 3 is 2.81 bits per heavy atom. The van der Waals surface area contributed by atoms with Crippen molar-refractivity contribution in [2.75, 3.05) is 27.2 Å². The van der Waals surface area contributed by atoms with Gasteiger partial charge in [0.15, 0.2) is 0 Å². The molecule has 16 heavy (non-hydrogen) atoms. The molecule has 0 aromatic heterocycles. The summed E-state index contributed by atoms with van der Waals surface area (Å²) in [4.78, 5) is 2.17. The first-order valence-corrected chi connectivity index (χ1v) is 5.69. The van der Waals surface area contributed by atoms with Gasteiger partial charge in [-0.3, -0.25) is 4.90 Å². The quantitative estimate of drug-likeness (QED) is 0.826. The van der Waals surface area contributed by atoms with Crippen molar-refractivity contribution in [1.82, 2.24) is 4.90 Å². The van der Waals surface area contributed by atoms with Crippen molar-refractivity contribution in [2.45, 2.75) is 12.6 Å². The lowest BCUT2D eigenvalue weighted by Gasteiger charge is -2.22. The highest BCUT2D eigenvalue weighted by Crippen LogP contribution is 2.12. The number of ether oxygens (including phenoxy) is 1. The molecule has 0 aliphatic rings. The molecule has 0 aliphatic carbocycles. The molecule has 1 aromatic carbocycles. The second-order valence-electron chi connectivity index (χ2n) is 3.92. The lowest BCUT2D eigenvalue weighted by molar-refractivity contribution is 0.0761. The average Bonchev–Trinajstić information content (AvgIpc) is 2.26. The second kappa shape index (κ2) is 6.86. The van der Waals surface area contributed by atoms with E-state index >= 15 is 0 Å². The highest BCUT2D eigenvalue weighted by molar-refractivity contribution is 6.30. The van der Waals surface area contributed by atoms with Crippen molar-refractivity contribution in [1.29, 1.82) is 0 Å². The van der Waals surface area contributed by atoms with Crippen LogP contribution < -0.4 is 5.73 Å². The summed E-state index contributed by atoms with van der Waals surface area (Å²) in [7, 11) is 3.73. The van der Waals surface area contributed by atoms with Gasteiger partial charge in [-0.1, -0.05) is 23.7 Å². The molecule has 0 heterocycles. The molecule has 90 valence electrons. The molecule has 2 N–H and O–H groups in total. The van der Waals surface area contributed by atoms with E-state index in [-0.39, 0.29) is 6.10 Å². The predicted octanol–water partition coefficient (Wildman–Crippen LogP) is 1.75. The first-order valence-electron chi connectivity index (χ1n) is 5.31. The number of hydrogen-bond donors (Lipinski definition) is 1. The van der Waals surface area contributed by atoms with Crippen LogP contribution in [0, 0.1) is 0 Å². The Morgan fingerprint density at radius 2 is 2.25 bits per heavy atom. The van der Waals surface area contributed by atoms with Crippen LogP contribution in [0.4, 0.5) is 0 Å². The molecular formula is C12H19ClN2O. The molecule has 0 saturated heterocycles. The van der Waals surface area contributed by atoms with Gasteiger partial charge in [-0.2, -0.15) is 0 Å². The van der Waals surface area contributed by atoms with E-state index in [1.807, 2.05) is 25.2 Å². The lowest BCUT2D eigenvalue weighted by atomic mass is 10.2. The van der Waals surface area contributed by atoms with Crippen molar-refractivity contribution < 1.29 is 4.74 Å². The molecular weight excluding hydrogens is 224 g/mol. The summed E-state index contributed by atoms with van der Waals surface area (Å²) >= 11 is 5.93. The van der Waals surface area contributed by atoms with E-state index < -0.39 is 0 Å². The first kappa shape index (κ1) is 13.5. The van der Waals surface area contributed by atoms with Crippen LogP contribution in [0.15, 0.2) is 24.3 Å². The van der Waals surface area contributed by atoms with Gasteiger partial charge in [0.2, 0.25) is 0 Å². The number of rotatable bonds is 6. The van der Waals surface area contributed by atoms with Gasteiger partial charge in [0.1, 0.15) is 0 Å². The van der Waals surface area contributed by atoms with Gasteiger partial charge in [0.25, 0.3) is 0 Å². The molecule has 3 nitrogen and oxygen atoms in total. The third-order valence-electron chi connectivity index (χ3n) is 2.45. The van der Waals surface area contributed by atoms with Crippen LogP contribution in [0.25, 0.3) is 0 Å². The minimum atomic E-state index is 0.0872. The van der Waals surface area contributed by atoms with E-state index in [0.29, 0.717) is 6.54 Å². The van der Waals surface area contributed by atoms with E-state index in [9.17, 15) is 0 Å². The number of methoxy groups -OCH3 is 1. The van der Waals surface area contributed by atoms with Crippen LogP contribution in [-0.4, -0.2) is 38.3 Å². The number of nitrogens with zero attached hydrogens (tertiary/aromatic N) is 1. The lowest BCUT2D eigenvalue weighted by Crippen LogP contribution is -2.35. The van der Waals surface area contributed by atoms with Crippen LogP contribution in [0.5, 0.6) is 0 Å². The Balaban J connectivity index is 2.47. The molecule has 0 bridgehead atoms. The van der Waals surface area contributed by atoms with Crippen molar-refractivity contribution in [3.8, 4) is 0 Å². The van der Waals surface area contributed by atoms with Crippen molar-refractivity contribution >= 4 is 11.6 Å².